The van der Waals surface area contributed by atoms with E-state index >= 15 is 0 Å². The maximum absolute atomic E-state index is 12.1. The second kappa shape index (κ2) is 7.35. The molecule has 2 N–H and O–H groups in total. The summed E-state index contributed by atoms with van der Waals surface area (Å²) in [5.74, 6) is -0.666. The molecule has 1 amide bonds. The number of aromatic hydroxyl groups is 1. The molecule has 0 spiro atoms. The summed E-state index contributed by atoms with van der Waals surface area (Å²) in [6, 6.07) is 11.9. The first-order chi connectivity index (χ1) is 11.0. The summed E-state index contributed by atoms with van der Waals surface area (Å²) in [7, 11) is 0. The van der Waals surface area contributed by atoms with Crippen molar-refractivity contribution in [1.29, 1.82) is 0 Å². The number of alkyl halides is 2. The van der Waals surface area contributed by atoms with E-state index in [1.807, 2.05) is 0 Å². The lowest BCUT2D eigenvalue weighted by molar-refractivity contribution is -0.0498. The quantitative estimate of drug-likeness (QED) is 0.657. The molecule has 0 fully saturated rings. The Hall–Kier alpha value is -2.96. The van der Waals surface area contributed by atoms with E-state index < -0.39 is 12.5 Å². The molecule has 0 aliphatic heterocycles. The molecule has 2 aromatic rings. The van der Waals surface area contributed by atoms with E-state index in [0.29, 0.717) is 11.3 Å². The van der Waals surface area contributed by atoms with Crippen LogP contribution in [0.15, 0.2) is 53.6 Å². The van der Waals surface area contributed by atoms with Gasteiger partial charge in [0.05, 0.1) is 11.3 Å². The number of amides is 1. The van der Waals surface area contributed by atoms with E-state index in [0.717, 1.165) is 0 Å². The summed E-state index contributed by atoms with van der Waals surface area (Å²) in [6.45, 7) is -1.23. The number of nitrogens with zero attached hydrogens (tertiary/aromatic N) is 1. The Balaban J connectivity index is 2.05. The fraction of sp³-hybridized carbons (Fsp3) is 0.125. The molecule has 0 aromatic heterocycles. The minimum Gasteiger partial charge on any atom is -0.507 e. The van der Waals surface area contributed by atoms with Gasteiger partial charge >= 0.3 is 6.61 Å². The molecule has 0 unspecified atom stereocenters. The van der Waals surface area contributed by atoms with E-state index in [-0.39, 0.29) is 17.1 Å². The first-order valence-electron chi connectivity index (χ1n) is 6.65. The fourth-order valence-electron chi connectivity index (χ4n) is 1.80. The van der Waals surface area contributed by atoms with Gasteiger partial charge in [-0.1, -0.05) is 12.1 Å². The number of benzene rings is 2. The third kappa shape index (κ3) is 4.50. The molecule has 0 radical (unpaired) electrons. The highest BCUT2D eigenvalue weighted by Gasteiger charge is 2.09. The molecule has 0 atom stereocenters. The molecule has 2 rings (SSSR count). The summed E-state index contributed by atoms with van der Waals surface area (Å²) in [5, 5.41) is 13.5. The van der Waals surface area contributed by atoms with Crippen molar-refractivity contribution in [3.8, 4) is 11.5 Å². The van der Waals surface area contributed by atoms with Gasteiger partial charge in [0.1, 0.15) is 11.5 Å². The number of carbonyl (C=O) groups excluding carboxylic acids is 1. The highest BCUT2D eigenvalue weighted by Crippen LogP contribution is 2.16. The van der Waals surface area contributed by atoms with Gasteiger partial charge in [0.15, 0.2) is 0 Å². The van der Waals surface area contributed by atoms with Crippen molar-refractivity contribution in [2.45, 2.75) is 13.5 Å². The molecule has 7 heteroatoms. The third-order valence-electron chi connectivity index (χ3n) is 2.97. The number of phenols is 1. The number of para-hydroxylation sites is 1. The van der Waals surface area contributed by atoms with Crippen molar-refractivity contribution >= 4 is 11.6 Å². The van der Waals surface area contributed by atoms with Crippen LogP contribution in [0.4, 0.5) is 8.78 Å². The van der Waals surface area contributed by atoms with E-state index in [1.165, 1.54) is 24.3 Å². The van der Waals surface area contributed by atoms with Crippen LogP contribution in [0, 0.1) is 0 Å². The van der Waals surface area contributed by atoms with Gasteiger partial charge in [-0.05, 0) is 48.9 Å². The number of hydrogen-bond donors (Lipinski definition) is 2. The monoisotopic (exact) mass is 320 g/mol. The van der Waals surface area contributed by atoms with Crippen LogP contribution in [0.1, 0.15) is 22.8 Å². The fourth-order valence-corrected chi connectivity index (χ4v) is 1.80. The van der Waals surface area contributed by atoms with Gasteiger partial charge in [0.25, 0.3) is 5.91 Å². The Morgan fingerprint density at radius 3 is 2.43 bits per heavy atom. The molecule has 0 heterocycles. The lowest BCUT2D eigenvalue weighted by atomic mass is 10.1. The summed E-state index contributed by atoms with van der Waals surface area (Å²) < 4.78 is 28.4. The molecule has 0 aliphatic carbocycles. The number of halogens is 2. The van der Waals surface area contributed by atoms with Crippen molar-refractivity contribution < 1.29 is 23.4 Å². The lowest BCUT2D eigenvalue weighted by Crippen LogP contribution is -2.19. The van der Waals surface area contributed by atoms with Gasteiger partial charge in [-0.25, -0.2) is 5.43 Å². The van der Waals surface area contributed by atoms with E-state index in [9.17, 15) is 18.7 Å². The van der Waals surface area contributed by atoms with Crippen LogP contribution < -0.4 is 10.2 Å². The van der Waals surface area contributed by atoms with Crippen LogP contribution in [0.2, 0.25) is 0 Å². The van der Waals surface area contributed by atoms with Gasteiger partial charge in [-0.3, -0.25) is 4.79 Å². The standard InChI is InChI=1S/C16H14F2N2O3/c1-10(11-6-8-12(9-7-11)23-16(17)18)19-20-15(22)13-4-2-3-5-14(13)21/h2-9,16,21H,1H3,(H,20,22). The Bertz CT molecular complexity index is 716. The second-order valence-corrected chi connectivity index (χ2v) is 4.56. The molecule has 0 saturated carbocycles. The average molecular weight is 320 g/mol. The van der Waals surface area contributed by atoms with Gasteiger partial charge in [-0.2, -0.15) is 13.9 Å². The van der Waals surface area contributed by atoms with E-state index in [1.54, 1.807) is 31.2 Å². The topological polar surface area (TPSA) is 70.9 Å². The second-order valence-electron chi connectivity index (χ2n) is 4.56. The molecular weight excluding hydrogens is 306 g/mol. The van der Waals surface area contributed by atoms with Crippen LogP contribution in [-0.2, 0) is 0 Å². The maximum Gasteiger partial charge on any atom is 0.387 e. The maximum atomic E-state index is 12.1. The minimum absolute atomic E-state index is 0.0368. The Morgan fingerprint density at radius 1 is 1.17 bits per heavy atom. The summed E-state index contributed by atoms with van der Waals surface area (Å²) in [5.41, 5.74) is 3.52. The number of nitrogens with one attached hydrogen (secondary N) is 1. The molecule has 23 heavy (non-hydrogen) atoms. The van der Waals surface area contributed by atoms with Gasteiger partial charge in [0, 0.05) is 0 Å². The molecule has 5 nitrogen and oxygen atoms in total. The Morgan fingerprint density at radius 2 is 1.83 bits per heavy atom. The molecule has 0 saturated heterocycles. The molecular formula is C16H14F2N2O3. The predicted molar refractivity (Wildman–Crippen MR) is 80.9 cm³/mol. The highest BCUT2D eigenvalue weighted by atomic mass is 19.3. The van der Waals surface area contributed by atoms with Crippen LogP contribution in [-0.4, -0.2) is 23.3 Å². The number of hydrogen-bond acceptors (Lipinski definition) is 4. The van der Waals surface area contributed by atoms with Gasteiger partial charge in [0.2, 0.25) is 0 Å². The number of carbonyl (C=O) groups is 1. The van der Waals surface area contributed by atoms with Gasteiger partial charge in [-0.15, -0.1) is 0 Å². The average Bonchev–Trinajstić information content (AvgIpc) is 2.53. The van der Waals surface area contributed by atoms with Crippen LogP contribution in [0.25, 0.3) is 0 Å². The van der Waals surface area contributed by atoms with Crippen LogP contribution >= 0.6 is 0 Å². The SMILES string of the molecule is CC(=NNC(=O)c1ccccc1O)c1ccc(OC(F)F)cc1. The number of ether oxygens (including phenoxy) is 1. The van der Waals surface area contributed by atoms with Crippen molar-refractivity contribution in [3.05, 3.63) is 59.7 Å². The zero-order valence-electron chi connectivity index (χ0n) is 12.2. The Labute approximate surface area is 131 Å². The third-order valence-corrected chi connectivity index (χ3v) is 2.97. The van der Waals surface area contributed by atoms with Crippen molar-refractivity contribution in [2.75, 3.05) is 0 Å². The minimum atomic E-state index is -2.88. The van der Waals surface area contributed by atoms with Crippen molar-refractivity contribution in [1.82, 2.24) is 5.43 Å². The summed E-state index contributed by atoms with van der Waals surface area (Å²) in [6.07, 6.45) is 0. The summed E-state index contributed by atoms with van der Waals surface area (Å²) >= 11 is 0. The highest BCUT2D eigenvalue weighted by molar-refractivity contribution is 6.01. The van der Waals surface area contributed by atoms with Crippen LogP contribution in [0.3, 0.4) is 0 Å². The zero-order valence-corrected chi connectivity index (χ0v) is 12.2. The molecule has 0 aliphatic rings. The molecule has 120 valence electrons. The van der Waals surface area contributed by atoms with Crippen molar-refractivity contribution in [3.63, 3.8) is 0 Å². The van der Waals surface area contributed by atoms with E-state index in [4.69, 9.17) is 0 Å². The van der Waals surface area contributed by atoms with Crippen LogP contribution in [0.5, 0.6) is 11.5 Å². The first-order valence-corrected chi connectivity index (χ1v) is 6.65. The molecule has 2 aromatic carbocycles. The normalized spacial score (nSPS) is 11.4. The molecule has 0 bridgehead atoms. The zero-order chi connectivity index (χ0) is 16.8. The van der Waals surface area contributed by atoms with Gasteiger partial charge < -0.3 is 9.84 Å². The van der Waals surface area contributed by atoms with Crippen molar-refractivity contribution in [2.24, 2.45) is 5.10 Å². The smallest absolute Gasteiger partial charge is 0.387 e. The Kier molecular flexibility index (Phi) is 5.24. The largest absolute Gasteiger partial charge is 0.507 e. The number of rotatable bonds is 5. The predicted octanol–water partition coefficient (Wildman–Crippen LogP) is 3.15. The summed E-state index contributed by atoms with van der Waals surface area (Å²) in [4.78, 5) is 11.9. The lowest BCUT2D eigenvalue weighted by Gasteiger charge is -2.06. The first kappa shape index (κ1) is 16.4. The van der Waals surface area contributed by atoms with E-state index in [2.05, 4.69) is 15.3 Å². The number of phenolic OH excluding ortho intramolecular Hbond substituents is 1. The number of hydrazone groups is 1.